The number of thiophene rings is 1. The molecule has 1 aliphatic heterocycles. The first-order valence-electron chi connectivity index (χ1n) is 10.8. The Morgan fingerprint density at radius 2 is 1.97 bits per heavy atom. The van der Waals surface area contributed by atoms with Gasteiger partial charge in [0.15, 0.2) is 0 Å². The van der Waals surface area contributed by atoms with Gasteiger partial charge in [0.05, 0.1) is 12.6 Å². The van der Waals surface area contributed by atoms with E-state index in [4.69, 9.17) is 4.74 Å². The average Bonchev–Trinajstić information content (AvgIpc) is 3.24. The zero-order valence-electron chi connectivity index (χ0n) is 18.2. The van der Waals surface area contributed by atoms with Gasteiger partial charge in [-0.05, 0) is 49.3 Å². The van der Waals surface area contributed by atoms with Crippen LogP contribution in [0.15, 0.2) is 35.7 Å². The van der Waals surface area contributed by atoms with Gasteiger partial charge in [-0.2, -0.15) is 0 Å². The van der Waals surface area contributed by atoms with Gasteiger partial charge in [-0.1, -0.05) is 36.8 Å². The Labute approximate surface area is 183 Å². The number of aryl methyl sites for hydroxylation is 1. The maximum atomic E-state index is 13.4. The third kappa shape index (κ3) is 5.29. The number of carbonyl (C=O) groups excluding carboxylic acids is 2. The van der Waals surface area contributed by atoms with Gasteiger partial charge in [-0.25, -0.2) is 0 Å². The number of fused-ring (bicyclic) bond motifs is 1. The van der Waals surface area contributed by atoms with Crippen molar-refractivity contribution in [1.82, 2.24) is 9.80 Å². The minimum absolute atomic E-state index is 0.00985. The maximum Gasteiger partial charge on any atom is 0.242 e. The van der Waals surface area contributed by atoms with Crippen molar-refractivity contribution < 1.29 is 14.3 Å². The molecular weight excluding hydrogens is 396 g/mol. The normalized spacial score (nSPS) is 15.7. The summed E-state index contributed by atoms with van der Waals surface area (Å²) < 4.78 is 5.40. The quantitative estimate of drug-likeness (QED) is 0.563. The Bertz CT molecular complexity index is 846. The zero-order valence-corrected chi connectivity index (χ0v) is 19.0. The summed E-state index contributed by atoms with van der Waals surface area (Å²) in [6.07, 6.45) is 2.01. The van der Waals surface area contributed by atoms with Gasteiger partial charge in [-0.3, -0.25) is 9.59 Å². The van der Waals surface area contributed by atoms with Crippen LogP contribution in [0.4, 0.5) is 0 Å². The molecule has 1 aromatic carbocycles. The largest absolute Gasteiger partial charge is 0.382 e. The first kappa shape index (κ1) is 22.5. The summed E-state index contributed by atoms with van der Waals surface area (Å²) >= 11 is 1.76. The molecule has 0 bridgehead atoms. The monoisotopic (exact) mass is 428 g/mol. The number of rotatable bonds is 9. The summed E-state index contributed by atoms with van der Waals surface area (Å²) in [5, 5.41) is 2.11. The van der Waals surface area contributed by atoms with Crippen molar-refractivity contribution in [2.45, 2.75) is 46.1 Å². The topological polar surface area (TPSA) is 49.9 Å². The summed E-state index contributed by atoms with van der Waals surface area (Å²) in [4.78, 5) is 30.9. The molecular formula is C24H32N2O3S. The second-order valence-corrected chi connectivity index (χ2v) is 8.67. The van der Waals surface area contributed by atoms with E-state index in [0.717, 1.165) is 18.4 Å². The lowest BCUT2D eigenvalue weighted by atomic mass is 9.92. The molecule has 6 heteroatoms. The third-order valence-electron chi connectivity index (χ3n) is 5.58. The van der Waals surface area contributed by atoms with Crippen LogP contribution in [0.25, 0.3) is 0 Å². The third-order valence-corrected chi connectivity index (χ3v) is 6.58. The molecule has 5 nitrogen and oxygen atoms in total. The minimum atomic E-state index is -0.0879. The highest BCUT2D eigenvalue weighted by molar-refractivity contribution is 7.10. The van der Waals surface area contributed by atoms with E-state index in [9.17, 15) is 9.59 Å². The van der Waals surface area contributed by atoms with E-state index in [1.165, 1.54) is 16.0 Å². The van der Waals surface area contributed by atoms with Gasteiger partial charge in [0.25, 0.3) is 0 Å². The Kier molecular flexibility index (Phi) is 8.05. The molecule has 0 unspecified atom stereocenters. The Balaban J connectivity index is 1.79. The van der Waals surface area contributed by atoms with Gasteiger partial charge in [0.2, 0.25) is 11.8 Å². The van der Waals surface area contributed by atoms with Crippen LogP contribution in [-0.2, 0) is 20.7 Å². The zero-order chi connectivity index (χ0) is 21.5. The molecule has 0 radical (unpaired) electrons. The van der Waals surface area contributed by atoms with Gasteiger partial charge < -0.3 is 14.5 Å². The van der Waals surface area contributed by atoms with E-state index in [1.54, 1.807) is 16.2 Å². The molecule has 0 saturated carbocycles. The van der Waals surface area contributed by atoms with Crippen LogP contribution in [0.5, 0.6) is 0 Å². The number of carbonyl (C=O) groups is 2. The number of benzene rings is 1. The molecule has 0 N–H and O–H groups in total. The average molecular weight is 429 g/mol. The van der Waals surface area contributed by atoms with Crippen molar-refractivity contribution in [2.24, 2.45) is 0 Å². The predicted octanol–water partition coefficient (Wildman–Crippen LogP) is 4.20. The van der Waals surface area contributed by atoms with Gasteiger partial charge >= 0.3 is 0 Å². The highest BCUT2D eigenvalue weighted by atomic mass is 32.1. The number of hydrogen-bond donors (Lipinski definition) is 0. The molecule has 1 aromatic heterocycles. The molecule has 30 heavy (non-hydrogen) atoms. The highest BCUT2D eigenvalue weighted by Gasteiger charge is 2.33. The lowest BCUT2D eigenvalue weighted by molar-refractivity contribution is -0.141. The van der Waals surface area contributed by atoms with E-state index in [0.29, 0.717) is 32.7 Å². The van der Waals surface area contributed by atoms with Crippen LogP contribution in [0.3, 0.4) is 0 Å². The van der Waals surface area contributed by atoms with Crippen molar-refractivity contribution >= 4 is 23.2 Å². The molecule has 2 amide bonds. The van der Waals surface area contributed by atoms with E-state index >= 15 is 0 Å². The molecule has 162 valence electrons. The number of amides is 2. The highest BCUT2D eigenvalue weighted by Crippen LogP contribution is 2.37. The Morgan fingerprint density at radius 1 is 1.20 bits per heavy atom. The fourth-order valence-electron chi connectivity index (χ4n) is 3.96. The van der Waals surface area contributed by atoms with Crippen molar-refractivity contribution in [3.05, 3.63) is 57.3 Å². The maximum absolute atomic E-state index is 13.4. The van der Waals surface area contributed by atoms with Gasteiger partial charge in [-0.15, -0.1) is 11.3 Å². The predicted molar refractivity (Wildman–Crippen MR) is 121 cm³/mol. The van der Waals surface area contributed by atoms with E-state index in [1.807, 2.05) is 18.7 Å². The van der Waals surface area contributed by atoms with E-state index in [2.05, 4.69) is 42.6 Å². The standard InChI is InChI=1S/C24H32N2O3S/c1-4-22(27)25(13-6-15-29-5-2)17-23(28)26-14-11-21-20(12-16-30-21)24(26)19-9-7-18(3)8-10-19/h7-10,12,16,24H,4-6,11,13-15,17H2,1-3H3/t24-/m0/s1. The molecule has 0 saturated heterocycles. The lowest BCUT2D eigenvalue weighted by Crippen LogP contribution is -2.47. The second-order valence-electron chi connectivity index (χ2n) is 7.67. The number of nitrogens with zero attached hydrogens (tertiary/aromatic N) is 2. The van der Waals surface area contributed by atoms with E-state index < -0.39 is 0 Å². The summed E-state index contributed by atoms with van der Waals surface area (Å²) in [5.74, 6) is 0.0237. The van der Waals surface area contributed by atoms with Crippen LogP contribution in [-0.4, -0.2) is 54.5 Å². The summed E-state index contributed by atoms with van der Waals surface area (Å²) in [6, 6.07) is 10.5. The number of ether oxygens (including phenoxy) is 1. The summed E-state index contributed by atoms with van der Waals surface area (Å²) in [6.45, 7) is 8.49. The minimum Gasteiger partial charge on any atom is -0.382 e. The Hall–Kier alpha value is -2.18. The SMILES string of the molecule is CCOCCCN(CC(=O)N1CCc2sccc2[C@@H]1c1ccc(C)cc1)C(=O)CC. The lowest BCUT2D eigenvalue weighted by Gasteiger charge is -2.37. The molecule has 0 fully saturated rings. The van der Waals surface area contributed by atoms with Crippen LogP contribution in [0.1, 0.15) is 54.3 Å². The van der Waals surface area contributed by atoms with Crippen LogP contribution in [0, 0.1) is 6.92 Å². The smallest absolute Gasteiger partial charge is 0.242 e. The molecule has 0 spiro atoms. The van der Waals surface area contributed by atoms with Crippen molar-refractivity contribution in [3.8, 4) is 0 Å². The second kappa shape index (κ2) is 10.7. The van der Waals surface area contributed by atoms with Crippen molar-refractivity contribution in [3.63, 3.8) is 0 Å². The molecule has 2 heterocycles. The molecule has 1 atom stereocenters. The molecule has 1 aliphatic rings. The number of hydrogen-bond acceptors (Lipinski definition) is 4. The molecule has 3 rings (SSSR count). The van der Waals surface area contributed by atoms with Gasteiger partial charge in [0, 0.05) is 37.6 Å². The van der Waals surface area contributed by atoms with Crippen LogP contribution < -0.4 is 0 Å². The van der Waals surface area contributed by atoms with Gasteiger partial charge in [0.1, 0.15) is 0 Å². The summed E-state index contributed by atoms with van der Waals surface area (Å²) in [5.41, 5.74) is 3.54. The fraction of sp³-hybridized carbons (Fsp3) is 0.500. The Morgan fingerprint density at radius 3 is 2.67 bits per heavy atom. The molecule has 2 aromatic rings. The van der Waals surface area contributed by atoms with Crippen LogP contribution >= 0.6 is 11.3 Å². The fourth-order valence-corrected chi connectivity index (χ4v) is 4.87. The first-order valence-corrected chi connectivity index (χ1v) is 11.7. The summed E-state index contributed by atoms with van der Waals surface area (Å²) in [7, 11) is 0. The van der Waals surface area contributed by atoms with Crippen molar-refractivity contribution in [1.29, 1.82) is 0 Å². The van der Waals surface area contributed by atoms with Crippen LogP contribution in [0.2, 0.25) is 0 Å². The molecule has 0 aliphatic carbocycles. The van der Waals surface area contributed by atoms with Crippen molar-refractivity contribution in [2.75, 3.05) is 32.8 Å². The van der Waals surface area contributed by atoms with E-state index in [-0.39, 0.29) is 24.4 Å². The first-order chi connectivity index (χ1) is 14.5.